The van der Waals surface area contributed by atoms with Crippen LogP contribution in [-0.4, -0.2) is 117 Å². The van der Waals surface area contributed by atoms with Gasteiger partial charge in [0.1, 0.15) is 31.4 Å². The van der Waals surface area contributed by atoms with Crippen molar-refractivity contribution in [3.05, 3.63) is 35.9 Å². The van der Waals surface area contributed by atoms with Crippen LogP contribution in [-0.2, 0) is 78.1 Å². The predicted molar refractivity (Wildman–Crippen MR) is 192 cm³/mol. The number of carbonyl (C=O) groups excluding carboxylic acids is 8. The smallest absolute Gasteiger partial charge is 0.408 e. The minimum Gasteiger partial charge on any atom is -0.469 e. The predicted octanol–water partition coefficient (Wildman–Crippen LogP) is 1.52. The highest BCUT2D eigenvalue weighted by Gasteiger charge is 2.52. The molecule has 56 heavy (non-hydrogen) atoms. The summed E-state index contributed by atoms with van der Waals surface area (Å²) < 4.78 is 42.8. The van der Waals surface area contributed by atoms with Crippen LogP contribution in [0.5, 0.6) is 0 Å². The molecule has 1 saturated heterocycles. The Bertz CT molecular complexity index is 1470. The number of hydrogen-bond donors (Lipinski definition) is 3. The van der Waals surface area contributed by atoms with Crippen molar-refractivity contribution >= 4 is 47.8 Å². The summed E-state index contributed by atoms with van der Waals surface area (Å²) in [6.07, 6.45) is -5.13. The molecule has 1 aliphatic rings. The fourth-order valence-corrected chi connectivity index (χ4v) is 5.37. The first-order chi connectivity index (χ1) is 26.6. The lowest BCUT2D eigenvalue weighted by atomic mass is 9.98. The topological polar surface area (TPSA) is 246 Å². The van der Waals surface area contributed by atoms with E-state index in [1.165, 1.54) is 21.0 Å². The van der Waals surface area contributed by atoms with Gasteiger partial charge in [-0.3, -0.25) is 33.6 Å². The van der Waals surface area contributed by atoms with Crippen LogP contribution in [0.25, 0.3) is 0 Å². The molecular formula is C37H53N3O16. The molecule has 19 heteroatoms. The SMILES string of the molecule is COC(=O)CC[C@H](NC(=O)[C@@H](C)NC(=O)OCc1ccccc1)C(=O)NCCCCCCO[C@@H]1O[C@H](COC(C)=O)[C@@H](OC(C)=O)[C@H](OC(C)=O)[C@@H]1OC(C)=O. The highest BCUT2D eigenvalue weighted by Crippen LogP contribution is 2.30. The zero-order valence-corrected chi connectivity index (χ0v) is 32.5. The van der Waals surface area contributed by atoms with Gasteiger partial charge in [0.15, 0.2) is 24.6 Å². The Hall–Kier alpha value is -5.30. The highest BCUT2D eigenvalue weighted by molar-refractivity contribution is 5.91. The van der Waals surface area contributed by atoms with Crippen molar-refractivity contribution in [1.29, 1.82) is 0 Å². The standard InChI is InChI=1S/C37H53N3O16/c1-22(39-37(48)52-20-27-14-10-9-11-15-27)34(46)40-28(16-17-30(45)49-6)35(47)38-18-12-7-8-13-19-50-36-33(55-26(5)44)32(54-25(4)43)31(53-24(3)42)29(56-36)21-51-23(2)41/h9-11,14-15,22,28-29,31-33,36H,7-8,12-13,16-21H2,1-6H3,(H,38,47)(H,39,48)(H,40,46)/t22-,28+,29-,31-,32+,33+,36-/m1/s1. The maximum absolute atomic E-state index is 13.0. The summed E-state index contributed by atoms with van der Waals surface area (Å²) in [4.78, 5) is 97.4. The summed E-state index contributed by atoms with van der Waals surface area (Å²) >= 11 is 0. The van der Waals surface area contributed by atoms with Crippen LogP contribution in [0.3, 0.4) is 0 Å². The van der Waals surface area contributed by atoms with Gasteiger partial charge in [-0.25, -0.2) is 4.79 Å². The average Bonchev–Trinajstić information content (AvgIpc) is 3.14. The van der Waals surface area contributed by atoms with Crippen LogP contribution >= 0.6 is 0 Å². The molecule has 0 aliphatic carbocycles. The number of hydrogen-bond acceptors (Lipinski definition) is 16. The molecule has 3 amide bonds. The van der Waals surface area contributed by atoms with E-state index in [4.69, 9.17) is 33.2 Å². The Morgan fingerprint density at radius 2 is 1.36 bits per heavy atom. The van der Waals surface area contributed by atoms with Crippen molar-refractivity contribution in [3.63, 3.8) is 0 Å². The van der Waals surface area contributed by atoms with E-state index in [9.17, 15) is 38.4 Å². The van der Waals surface area contributed by atoms with Crippen molar-refractivity contribution in [3.8, 4) is 0 Å². The van der Waals surface area contributed by atoms with Crippen LogP contribution in [0.2, 0.25) is 0 Å². The molecule has 1 aromatic carbocycles. The van der Waals surface area contributed by atoms with Gasteiger partial charge in [-0.1, -0.05) is 43.2 Å². The Morgan fingerprint density at radius 1 is 0.732 bits per heavy atom. The normalized spacial score (nSPS) is 19.9. The molecule has 19 nitrogen and oxygen atoms in total. The molecule has 7 atom stereocenters. The summed E-state index contributed by atoms with van der Waals surface area (Å²) in [5.41, 5.74) is 0.760. The first kappa shape index (κ1) is 46.9. The van der Waals surface area contributed by atoms with E-state index in [2.05, 4.69) is 20.7 Å². The minimum atomic E-state index is -1.34. The molecular weight excluding hydrogens is 742 g/mol. The third-order valence-corrected chi connectivity index (χ3v) is 8.04. The Balaban J connectivity index is 1.89. The van der Waals surface area contributed by atoms with Gasteiger partial charge in [0.2, 0.25) is 11.8 Å². The van der Waals surface area contributed by atoms with Gasteiger partial charge in [-0.05, 0) is 31.7 Å². The Labute approximate surface area is 325 Å². The second-order valence-corrected chi connectivity index (χ2v) is 12.7. The third kappa shape index (κ3) is 17.9. The molecule has 1 heterocycles. The molecule has 3 N–H and O–H groups in total. The number of unbranched alkanes of at least 4 members (excludes halogenated alkanes) is 3. The van der Waals surface area contributed by atoms with E-state index in [-0.39, 0.29) is 39.2 Å². The number of ether oxygens (including phenoxy) is 8. The number of esters is 5. The molecule has 1 aliphatic heterocycles. The molecule has 0 aromatic heterocycles. The van der Waals surface area contributed by atoms with Crippen LogP contribution in [0, 0.1) is 0 Å². The Kier molecular flexibility index (Phi) is 20.9. The van der Waals surface area contributed by atoms with Crippen LogP contribution in [0.4, 0.5) is 4.79 Å². The zero-order valence-electron chi connectivity index (χ0n) is 32.5. The lowest BCUT2D eigenvalue weighted by molar-refractivity contribution is -0.308. The van der Waals surface area contributed by atoms with Crippen LogP contribution < -0.4 is 16.0 Å². The van der Waals surface area contributed by atoms with Gasteiger partial charge in [0.25, 0.3) is 0 Å². The van der Waals surface area contributed by atoms with E-state index in [1.807, 2.05) is 6.07 Å². The number of rotatable bonds is 22. The average molecular weight is 796 g/mol. The fraction of sp³-hybridized carbons (Fsp3) is 0.622. The number of benzene rings is 1. The number of amides is 3. The maximum atomic E-state index is 13.0. The highest BCUT2D eigenvalue weighted by atomic mass is 16.7. The first-order valence-electron chi connectivity index (χ1n) is 18.1. The van der Waals surface area contributed by atoms with E-state index >= 15 is 0 Å². The van der Waals surface area contributed by atoms with Gasteiger partial charge in [-0.2, -0.15) is 0 Å². The fourth-order valence-electron chi connectivity index (χ4n) is 5.37. The van der Waals surface area contributed by atoms with Gasteiger partial charge in [0.05, 0.1) is 7.11 Å². The number of carbonyl (C=O) groups is 8. The summed E-state index contributed by atoms with van der Waals surface area (Å²) in [5.74, 6) is -4.66. The second-order valence-electron chi connectivity index (χ2n) is 12.7. The van der Waals surface area contributed by atoms with Gasteiger partial charge in [0, 0.05) is 47.3 Å². The summed E-state index contributed by atoms with van der Waals surface area (Å²) in [6.45, 7) is 5.93. The van der Waals surface area contributed by atoms with Gasteiger partial charge >= 0.3 is 35.9 Å². The van der Waals surface area contributed by atoms with Crippen molar-refractivity contribution in [2.24, 2.45) is 0 Å². The molecule has 0 radical (unpaired) electrons. The quantitative estimate of drug-likeness (QED) is 0.0855. The van der Waals surface area contributed by atoms with E-state index in [0.717, 1.165) is 26.3 Å². The molecule has 0 unspecified atom stereocenters. The Morgan fingerprint density at radius 3 is 1.98 bits per heavy atom. The van der Waals surface area contributed by atoms with Crippen LogP contribution in [0.15, 0.2) is 30.3 Å². The zero-order chi connectivity index (χ0) is 41.6. The maximum Gasteiger partial charge on any atom is 0.408 e. The number of alkyl carbamates (subject to hydrolysis) is 1. The molecule has 312 valence electrons. The lowest BCUT2D eigenvalue weighted by Gasteiger charge is -2.44. The molecule has 0 saturated carbocycles. The van der Waals surface area contributed by atoms with Crippen LogP contribution in [0.1, 0.15) is 78.7 Å². The van der Waals surface area contributed by atoms with Gasteiger partial charge < -0.3 is 53.8 Å². The minimum absolute atomic E-state index is 0.000579. The molecule has 1 fully saturated rings. The monoisotopic (exact) mass is 795 g/mol. The first-order valence-corrected chi connectivity index (χ1v) is 18.1. The summed E-state index contributed by atoms with van der Waals surface area (Å²) in [6, 6.07) is 6.81. The van der Waals surface area contributed by atoms with Crippen molar-refractivity contribution in [2.45, 2.75) is 123 Å². The molecule has 0 bridgehead atoms. The van der Waals surface area contributed by atoms with E-state index in [1.54, 1.807) is 24.3 Å². The van der Waals surface area contributed by atoms with Crippen molar-refractivity contribution in [2.75, 3.05) is 26.9 Å². The van der Waals surface area contributed by atoms with E-state index < -0.39 is 90.5 Å². The third-order valence-electron chi connectivity index (χ3n) is 8.04. The van der Waals surface area contributed by atoms with Gasteiger partial charge in [-0.15, -0.1) is 0 Å². The lowest BCUT2D eigenvalue weighted by Crippen LogP contribution is -2.63. The molecule has 0 spiro atoms. The summed E-state index contributed by atoms with van der Waals surface area (Å²) in [5, 5.41) is 7.73. The number of nitrogens with one attached hydrogen (secondary N) is 3. The molecule has 2 rings (SSSR count). The van der Waals surface area contributed by atoms with Crippen molar-refractivity contribution < 1.29 is 76.3 Å². The number of methoxy groups -OCH3 is 1. The van der Waals surface area contributed by atoms with Crippen molar-refractivity contribution in [1.82, 2.24) is 16.0 Å². The summed E-state index contributed by atoms with van der Waals surface area (Å²) in [7, 11) is 1.21. The largest absolute Gasteiger partial charge is 0.469 e. The molecule has 1 aromatic rings. The second kappa shape index (κ2) is 25.0. The van der Waals surface area contributed by atoms with E-state index in [0.29, 0.717) is 25.7 Å².